The van der Waals surface area contributed by atoms with Crippen LogP contribution in [0.25, 0.3) is 11.1 Å². The third kappa shape index (κ3) is 2.96. The maximum absolute atomic E-state index is 2.78. The molecular weight excluding hydrogens is 223 g/mol. The molecule has 0 saturated heterocycles. The van der Waals surface area contributed by atoms with Crippen molar-refractivity contribution in [1.82, 2.24) is 0 Å². The first-order valence-electron chi connectivity index (χ1n) is 6.10. The van der Waals surface area contributed by atoms with Crippen LogP contribution in [-0.4, -0.2) is 0 Å². The molecule has 0 heterocycles. The summed E-state index contributed by atoms with van der Waals surface area (Å²) in [6, 6.07) is 17.6. The number of benzene rings is 2. The molecule has 0 amide bonds. The molecule has 1 atom stereocenters. The highest BCUT2D eigenvalue weighted by atomic mass is 31.0. The highest BCUT2D eigenvalue weighted by Gasteiger charge is 2.02. The second-order valence-electron chi connectivity index (χ2n) is 4.68. The molecule has 0 bridgehead atoms. The van der Waals surface area contributed by atoms with E-state index in [-0.39, 0.29) is 0 Å². The maximum Gasteiger partial charge on any atom is -0.0128 e. The van der Waals surface area contributed by atoms with Crippen LogP contribution in [0.5, 0.6) is 0 Å². The van der Waals surface area contributed by atoms with Gasteiger partial charge in [-0.05, 0) is 34.3 Å². The fourth-order valence-corrected chi connectivity index (χ4v) is 2.21. The van der Waals surface area contributed by atoms with Crippen molar-refractivity contribution in [2.45, 2.75) is 25.9 Å². The monoisotopic (exact) mass is 242 g/mol. The highest BCUT2D eigenvalue weighted by Crippen LogP contribution is 2.25. The molecule has 88 valence electrons. The van der Waals surface area contributed by atoms with E-state index in [1.807, 2.05) is 0 Å². The molecule has 0 aliphatic heterocycles. The quantitative estimate of drug-likeness (QED) is 0.675. The van der Waals surface area contributed by atoms with Gasteiger partial charge in [-0.1, -0.05) is 62.4 Å². The number of rotatable bonds is 3. The zero-order valence-electron chi connectivity index (χ0n) is 10.5. The Bertz CT molecular complexity index is 500. The number of hydrogen-bond acceptors (Lipinski definition) is 0. The van der Waals surface area contributed by atoms with Crippen molar-refractivity contribution in [3.05, 3.63) is 59.7 Å². The topological polar surface area (TPSA) is 0 Å². The van der Waals surface area contributed by atoms with Crippen molar-refractivity contribution in [3.8, 4) is 11.1 Å². The van der Waals surface area contributed by atoms with Gasteiger partial charge in [0, 0.05) is 0 Å². The lowest BCUT2D eigenvalue weighted by Crippen LogP contribution is -1.88. The maximum atomic E-state index is 2.78. The molecular formula is C16H19P. The van der Waals surface area contributed by atoms with E-state index in [4.69, 9.17) is 0 Å². The fraction of sp³-hybridized carbons (Fsp3) is 0.250. The van der Waals surface area contributed by atoms with E-state index in [1.165, 1.54) is 22.3 Å². The zero-order chi connectivity index (χ0) is 12.3. The molecule has 0 fully saturated rings. The lowest BCUT2D eigenvalue weighted by Gasteiger charge is -2.09. The normalized spacial score (nSPS) is 10.8. The minimum atomic E-state index is 0.583. The van der Waals surface area contributed by atoms with Crippen molar-refractivity contribution in [2.75, 3.05) is 0 Å². The van der Waals surface area contributed by atoms with E-state index in [0.717, 1.165) is 6.16 Å². The van der Waals surface area contributed by atoms with E-state index in [1.54, 1.807) is 0 Å². The minimum absolute atomic E-state index is 0.583. The molecule has 2 aromatic carbocycles. The standard InChI is InChI=1S/C16H19P/c1-12(2)14-6-4-8-16(10-14)15-7-3-5-13(9-15)11-17/h3-10,12H,11,17H2,1-2H3. The summed E-state index contributed by atoms with van der Waals surface area (Å²) in [6.45, 7) is 4.47. The molecule has 2 rings (SSSR count). The predicted octanol–water partition coefficient (Wildman–Crippen LogP) is 4.85. The van der Waals surface area contributed by atoms with Crippen LogP contribution in [0.3, 0.4) is 0 Å². The Morgan fingerprint density at radius 3 is 2.24 bits per heavy atom. The minimum Gasteiger partial charge on any atom is -0.133 e. The van der Waals surface area contributed by atoms with Gasteiger partial charge in [-0.3, -0.25) is 0 Å². The summed E-state index contributed by atoms with van der Waals surface area (Å²) >= 11 is 0. The van der Waals surface area contributed by atoms with E-state index >= 15 is 0 Å². The summed E-state index contributed by atoms with van der Waals surface area (Å²) in [5.74, 6) is 0.583. The largest absolute Gasteiger partial charge is 0.133 e. The third-order valence-corrected chi connectivity index (χ3v) is 3.52. The Morgan fingerprint density at radius 2 is 1.59 bits per heavy atom. The second kappa shape index (κ2) is 5.47. The molecule has 0 aliphatic rings. The molecule has 1 heteroatoms. The van der Waals surface area contributed by atoms with Crippen LogP contribution < -0.4 is 0 Å². The molecule has 0 aliphatic carbocycles. The average molecular weight is 242 g/mol. The van der Waals surface area contributed by atoms with E-state index in [0.29, 0.717) is 5.92 Å². The van der Waals surface area contributed by atoms with Gasteiger partial charge >= 0.3 is 0 Å². The van der Waals surface area contributed by atoms with Gasteiger partial charge in [0.15, 0.2) is 0 Å². The SMILES string of the molecule is CC(C)c1cccc(-c2cccc(CP)c2)c1. The van der Waals surface area contributed by atoms with Crippen molar-refractivity contribution in [3.63, 3.8) is 0 Å². The van der Waals surface area contributed by atoms with Gasteiger partial charge in [0.25, 0.3) is 0 Å². The summed E-state index contributed by atoms with van der Waals surface area (Å²) in [5, 5.41) is 0. The molecule has 0 N–H and O–H groups in total. The Morgan fingerprint density at radius 1 is 0.941 bits per heavy atom. The zero-order valence-corrected chi connectivity index (χ0v) is 11.6. The first kappa shape index (κ1) is 12.3. The Kier molecular flexibility index (Phi) is 3.97. The van der Waals surface area contributed by atoms with Crippen molar-refractivity contribution in [2.24, 2.45) is 0 Å². The van der Waals surface area contributed by atoms with Crippen molar-refractivity contribution < 1.29 is 0 Å². The predicted molar refractivity (Wildman–Crippen MR) is 79.4 cm³/mol. The van der Waals surface area contributed by atoms with E-state index in [9.17, 15) is 0 Å². The Labute approximate surface area is 106 Å². The van der Waals surface area contributed by atoms with E-state index in [2.05, 4.69) is 71.6 Å². The molecule has 0 nitrogen and oxygen atoms in total. The van der Waals surface area contributed by atoms with Crippen LogP contribution in [0, 0.1) is 0 Å². The molecule has 0 saturated carbocycles. The van der Waals surface area contributed by atoms with Crippen molar-refractivity contribution >= 4 is 9.24 Å². The summed E-state index contributed by atoms with van der Waals surface area (Å²) in [7, 11) is 2.78. The van der Waals surface area contributed by atoms with Gasteiger partial charge in [0.2, 0.25) is 0 Å². The molecule has 2 aromatic rings. The van der Waals surface area contributed by atoms with Crippen LogP contribution in [0.1, 0.15) is 30.9 Å². The van der Waals surface area contributed by atoms with Crippen LogP contribution >= 0.6 is 9.24 Å². The van der Waals surface area contributed by atoms with Gasteiger partial charge in [-0.25, -0.2) is 0 Å². The lowest BCUT2D eigenvalue weighted by molar-refractivity contribution is 0.867. The summed E-state index contributed by atoms with van der Waals surface area (Å²) in [5.41, 5.74) is 5.39. The van der Waals surface area contributed by atoms with Gasteiger partial charge in [0.05, 0.1) is 0 Å². The van der Waals surface area contributed by atoms with Gasteiger partial charge in [0.1, 0.15) is 0 Å². The Balaban J connectivity index is 2.41. The van der Waals surface area contributed by atoms with Gasteiger partial charge in [-0.2, -0.15) is 0 Å². The molecule has 0 spiro atoms. The van der Waals surface area contributed by atoms with Crippen LogP contribution in [0.2, 0.25) is 0 Å². The smallest absolute Gasteiger partial charge is 0.0128 e. The van der Waals surface area contributed by atoms with Gasteiger partial charge in [-0.15, -0.1) is 9.24 Å². The first-order valence-corrected chi connectivity index (χ1v) is 6.91. The summed E-state index contributed by atoms with van der Waals surface area (Å²) in [6.07, 6.45) is 1.01. The lowest BCUT2D eigenvalue weighted by atomic mass is 9.97. The van der Waals surface area contributed by atoms with Crippen LogP contribution in [-0.2, 0) is 6.16 Å². The fourth-order valence-electron chi connectivity index (χ4n) is 1.96. The van der Waals surface area contributed by atoms with Crippen molar-refractivity contribution in [1.29, 1.82) is 0 Å². The van der Waals surface area contributed by atoms with Crippen LogP contribution in [0.15, 0.2) is 48.5 Å². The highest BCUT2D eigenvalue weighted by molar-refractivity contribution is 7.15. The van der Waals surface area contributed by atoms with Crippen LogP contribution in [0.4, 0.5) is 0 Å². The molecule has 17 heavy (non-hydrogen) atoms. The van der Waals surface area contributed by atoms with Gasteiger partial charge < -0.3 is 0 Å². The molecule has 1 unspecified atom stereocenters. The second-order valence-corrected chi connectivity index (χ2v) is 5.09. The molecule has 0 radical (unpaired) electrons. The Hall–Kier alpha value is -1.13. The van der Waals surface area contributed by atoms with E-state index < -0.39 is 0 Å². The third-order valence-electron chi connectivity index (χ3n) is 3.05. The molecule has 0 aromatic heterocycles. The number of hydrogen-bond donors (Lipinski definition) is 0. The summed E-state index contributed by atoms with van der Waals surface area (Å²) in [4.78, 5) is 0. The first-order chi connectivity index (χ1) is 8.20. The average Bonchev–Trinajstić information content (AvgIpc) is 2.39. The summed E-state index contributed by atoms with van der Waals surface area (Å²) < 4.78 is 0.